The van der Waals surface area contributed by atoms with Gasteiger partial charge in [0.05, 0.1) is 6.54 Å². The number of halogens is 2. The van der Waals surface area contributed by atoms with Crippen molar-refractivity contribution in [1.29, 1.82) is 0 Å². The van der Waals surface area contributed by atoms with Crippen LogP contribution in [0.3, 0.4) is 0 Å². The number of hydrogen-bond donors (Lipinski definition) is 2. The van der Waals surface area contributed by atoms with E-state index >= 15 is 0 Å². The van der Waals surface area contributed by atoms with Crippen molar-refractivity contribution >= 4 is 5.97 Å². The van der Waals surface area contributed by atoms with Crippen LogP contribution in [-0.2, 0) is 4.79 Å². The molecule has 0 aliphatic heterocycles. The van der Waals surface area contributed by atoms with E-state index in [-0.39, 0.29) is 0 Å². The maximum atomic E-state index is 11.7. The van der Waals surface area contributed by atoms with E-state index in [1.165, 1.54) is 0 Å². The van der Waals surface area contributed by atoms with E-state index in [4.69, 9.17) is 5.11 Å². The molecule has 0 amide bonds. The summed E-state index contributed by atoms with van der Waals surface area (Å²) >= 11 is 0. The summed E-state index contributed by atoms with van der Waals surface area (Å²) in [7, 11) is 0. The van der Waals surface area contributed by atoms with Gasteiger partial charge in [0.15, 0.2) is 0 Å². The van der Waals surface area contributed by atoms with E-state index in [1.54, 1.807) is 0 Å². The molecule has 0 spiro atoms. The molecular formula is C7H11F2NO2. The number of hydrogen-bond acceptors (Lipinski definition) is 2. The largest absolute Gasteiger partial charge is 0.480 e. The smallest absolute Gasteiger partial charge is 0.323 e. The number of carboxylic acid groups (broad SMARTS) is 1. The lowest BCUT2D eigenvalue weighted by molar-refractivity contribution is -0.149. The fourth-order valence-electron chi connectivity index (χ4n) is 1.27. The number of carboxylic acids is 1. The lowest BCUT2D eigenvalue weighted by Gasteiger charge is -2.38. The third-order valence-corrected chi connectivity index (χ3v) is 2.21. The van der Waals surface area contributed by atoms with Gasteiger partial charge in [-0.25, -0.2) is 8.78 Å². The summed E-state index contributed by atoms with van der Waals surface area (Å²) in [5.74, 6) is -1.02. The van der Waals surface area contributed by atoms with Gasteiger partial charge in [-0.1, -0.05) is 0 Å². The molecule has 1 rings (SSSR count). The summed E-state index contributed by atoms with van der Waals surface area (Å²) in [5, 5.41) is 11.1. The Morgan fingerprint density at radius 1 is 1.58 bits per heavy atom. The lowest BCUT2D eigenvalue weighted by atomic mass is 9.77. The van der Waals surface area contributed by atoms with Crippen molar-refractivity contribution in [2.45, 2.75) is 31.2 Å². The van der Waals surface area contributed by atoms with Gasteiger partial charge < -0.3 is 5.11 Å². The van der Waals surface area contributed by atoms with Gasteiger partial charge >= 0.3 is 5.97 Å². The predicted octanol–water partition coefficient (Wildman–Crippen LogP) is 0.848. The SMILES string of the molecule is O=C(O)C1(NCC(F)F)CCC1. The molecule has 0 aromatic rings. The minimum Gasteiger partial charge on any atom is -0.480 e. The highest BCUT2D eigenvalue weighted by molar-refractivity contribution is 5.79. The van der Waals surface area contributed by atoms with Crippen molar-refractivity contribution in [3.8, 4) is 0 Å². The van der Waals surface area contributed by atoms with Gasteiger partial charge in [0.25, 0.3) is 6.43 Å². The molecule has 3 nitrogen and oxygen atoms in total. The normalized spacial score (nSPS) is 20.6. The average Bonchev–Trinajstić information content (AvgIpc) is 1.83. The fourth-order valence-corrected chi connectivity index (χ4v) is 1.27. The summed E-state index contributed by atoms with van der Waals surface area (Å²) in [5.41, 5.74) is -1.06. The summed E-state index contributed by atoms with van der Waals surface area (Å²) in [6.07, 6.45) is -0.783. The molecule has 0 bridgehead atoms. The summed E-state index contributed by atoms with van der Waals surface area (Å²) < 4.78 is 23.5. The first-order valence-electron chi connectivity index (χ1n) is 3.83. The van der Waals surface area contributed by atoms with Gasteiger partial charge in [-0.2, -0.15) is 0 Å². The highest BCUT2D eigenvalue weighted by Gasteiger charge is 2.44. The Labute approximate surface area is 68.8 Å². The van der Waals surface area contributed by atoms with Crippen molar-refractivity contribution in [1.82, 2.24) is 5.32 Å². The lowest BCUT2D eigenvalue weighted by Crippen LogP contribution is -2.58. The first-order chi connectivity index (χ1) is 5.57. The number of carbonyl (C=O) groups is 1. The number of nitrogens with one attached hydrogen (secondary N) is 1. The first-order valence-corrected chi connectivity index (χ1v) is 3.83. The molecule has 0 unspecified atom stereocenters. The molecule has 0 aromatic carbocycles. The molecule has 2 N–H and O–H groups in total. The molecule has 12 heavy (non-hydrogen) atoms. The molecule has 5 heteroatoms. The Bertz CT molecular complexity index is 180. The first kappa shape index (κ1) is 9.38. The van der Waals surface area contributed by atoms with Gasteiger partial charge in [0, 0.05) is 0 Å². The van der Waals surface area contributed by atoms with Crippen LogP contribution in [0.1, 0.15) is 19.3 Å². The second-order valence-corrected chi connectivity index (χ2v) is 3.01. The average molecular weight is 179 g/mol. The van der Waals surface area contributed by atoms with Gasteiger partial charge in [0.1, 0.15) is 5.54 Å². The Kier molecular flexibility index (Phi) is 2.62. The van der Waals surface area contributed by atoms with E-state index in [0.717, 1.165) is 6.42 Å². The van der Waals surface area contributed by atoms with Crippen LogP contribution < -0.4 is 5.32 Å². The van der Waals surface area contributed by atoms with Crippen molar-refractivity contribution < 1.29 is 18.7 Å². The Balaban J connectivity index is 2.40. The standard InChI is InChI=1S/C7H11F2NO2/c8-5(9)4-10-7(6(11)12)2-1-3-7/h5,10H,1-4H2,(H,11,12). The molecule has 1 fully saturated rings. The van der Waals surface area contributed by atoms with Gasteiger partial charge in [-0.05, 0) is 19.3 Å². The third-order valence-electron chi connectivity index (χ3n) is 2.21. The molecule has 0 aromatic heterocycles. The maximum Gasteiger partial charge on any atom is 0.323 e. The molecule has 1 saturated carbocycles. The molecule has 70 valence electrons. The zero-order chi connectivity index (χ0) is 9.19. The fraction of sp³-hybridized carbons (Fsp3) is 0.857. The number of alkyl halides is 2. The minimum atomic E-state index is -2.48. The van der Waals surface area contributed by atoms with Gasteiger partial charge in [0.2, 0.25) is 0 Å². The molecule has 0 heterocycles. The quantitative estimate of drug-likeness (QED) is 0.672. The van der Waals surface area contributed by atoms with Crippen LogP contribution in [-0.4, -0.2) is 29.6 Å². The van der Waals surface area contributed by atoms with Crippen LogP contribution >= 0.6 is 0 Å². The predicted molar refractivity (Wildman–Crippen MR) is 38.2 cm³/mol. The highest BCUT2D eigenvalue weighted by Crippen LogP contribution is 2.31. The monoisotopic (exact) mass is 179 g/mol. The van der Waals surface area contributed by atoms with E-state index in [0.29, 0.717) is 12.8 Å². The van der Waals surface area contributed by atoms with Crippen LogP contribution in [0.2, 0.25) is 0 Å². The van der Waals surface area contributed by atoms with Crippen molar-refractivity contribution in [3.63, 3.8) is 0 Å². The third kappa shape index (κ3) is 1.72. The summed E-state index contributed by atoms with van der Waals surface area (Å²) in [6.45, 7) is -0.535. The number of rotatable bonds is 4. The summed E-state index contributed by atoms with van der Waals surface area (Å²) in [6, 6.07) is 0. The topological polar surface area (TPSA) is 49.3 Å². The minimum absolute atomic E-state index is 0.453. The zero-order valence-electron chi connectivity index (χ0n) is 6.52. The maximum absolute atomic E-state index is 11.7. The Hall–Kier alpha value is -0.710. The van der Waals surface area contributed by atoms with Crippen molar-refractivity contribution in [2.24, 2.45) is 0 Å². The van der Waals surface area contributed by atoms with Gasteiger partial charge in [-0.3, -0.25) is 10.1 Å². The molecule has 1 aliphatic carbocycles. The van der Waals surface area contributed by atoms with Crippen molar-refractivity contribution in [3.05, 3.63) is 0 Å². The van der Waals surface area contributed by atoms with Crippen molar-refractivity contribution in [2.75, 3.05) is 6.54 Å². The van der Waals surface area contributed by atoms with E-state index in [1.807, 2.05) is 0 Å². The van der Waals surface area contributed by atoms with Crippen LogP contribution in [0.4, 0.5) is 8.78 Å². The highest BCUT2D eigenvalue weighted by atomic mass is 19.3. The second-order valence-electron chi connectivity index (χ2n) is 3.01. The number of aliphatic carboxylic acids is 1. The van der Waals surface area contributed by atoms with E-state index in [2.05, 4.69) is 5.32 Å². The van der Waals surface area contributed by atoms with Gasteiger partial charge in [-0.15, -0.1) is 0 Å². The van der Waals surface area contributed by atoms with Crippen LogP contribution in [0.15, 0.2) is 0 Å². The van der Waals surface area contributed by atoms with E-state index < -0.39 is 24.5 Å². The molecular weight excluding hydrogens is 168 g/mol. The molecule has 1 aliphatic rings. The van der Waals surface area contributed by atoms with Crippen LogP contribution in [0.5, 0.6) is 0 Å². The zero-order valence-corrected chi connectivity index (χ0v) is 6.52. The molecule has 0 saturated heterocycles. The van der Waals surface area contributed by atoms with Crippen LogP contribution in [0, 0.1) is 0 Å². The van der Waals surface area contributed by atoms with E-state index in [9.17, 15) is 13.6 Å². The summed E-state index contributed by atoms with van der Waals surface area (Å²) in [4.78, 5) is 10.6. The molecule has 0 atom stereocenters. The van der Waals surface area contributed by atoms with Crippen LogP contribution in [0.25, 0.3) is 0 Å². The second kappa shape index (κ2) is 3.35. The Morgan fingerprint density at radius 2 is 2.17 bits per heavy atom. The molecule has 0 radical (unpaired) electrons. The Morgan fingerprint density at radius 3 is 2.42 bits per heavy atom.